The predicted octanol–water partition coefficient (Wildman–Crippen LogP) is 2.26. The van der Waals surface area contributed by atoms with Gasteiger partial charge in [-0.05, 0) is 72.2 Å². The van der Waals surface area contributed by atoms with Crippen molar-refractivity contribution in [1.82, 2.24) is 20.2 Å². The summed E-state index contributed by atoms with van der Waals surface area (Å²) >= 11 is 0. The summed E-state index contributed by atoms with van der Waals surface area (Å²) in [6.07, 6.45) is 7.21. The number of aromatic nitrogens is 4. The molecule has 0 spiro atoms. The van der Waals surface area contributed by atoms with E-state index in [1.165, 1.54) is 31.4 Å². The summed E-state index contributed by atoms with van der Waals surface area (Å²) in [6.45, 7) is 0. The van der Waals surface area contributed by atoms with Crippen molar-refractivity contribution in [2.75, 3.05) is 5.32 Å². The van der Waals surface area contributed by atoms with Crippen molar-refractivity contribution in [3.05, 3.63) is 30.6 Å². The van der Waals surface area contributed by atoms with Crippen LogP contribution >= 0.6 is 0 Å². The van der Waals surface area contributed by atoms with Gasteiger partial charge in [-0.15, -0.1) is 5.10 Å². The Balaban J connectivity index is 1.49. The van der Waals surface area contributed by atoms with E-state index in [2.05, 4.69) is 45.1 Å². The first-order chi connectivity index (χ1) is 9.40. The summed E-state index contributed by atoms with van der Waals surface area (Å²) in [6, 6.07) is 9.04. The molecule has 5 nitrogen and oxygen atoms in total. The molecule has 1 N–H and O–H groups in total. The maximum atomic E-state index is 3.89. The fourth-order valence-electron chi connectivity index (χ4n) is 2.71. The summed E-state index contributed by atoms with van der Waals surface area (Å²) in [5.74, 6) is 1.82. The summed E-state index contributed by atoms with van der Waals surface area (Å²) in [5, 5.41) is 14.9. The fourth-order valence-corrected chi connectivity index (χ4v) is 2.71. The van der Waals surface area contributed by atoms with Gasteiger partial charge in [-0.3, -0.25) is 0 Å². The number of hydrogen-bond donors (Lipinski definition) is 1. The third kappa shape index (κ3) is 2.32. The van der Waals surface area contributed by atoms with E-state index in [0.717, 1.165) is 17.5 Å². The molecule has 0 atom stereocenters. The van der Waals surface area contributed by atoms with E-state index >= 15 is 0 Å². The van der Waals surface area contributed by atoms with Crippen LogP contribution in [0, 0.1) is 11.8 Å². The van der Waals surface area contributed by atoms with E-state index in [0.29, 0.717) is 6.04 Å². The van der Waals surface area contributed by atoms with Crippen molar-refractivity contribution in [2.24, 2.45) is 11.8 Å². The molecule has 0 bridgehead atoms. The topological polar surface area (TPSA) is 55.6 Å². The molecular formula is C14H17N5. The Bertz CT molecular complexity index is 528. The number of tetrazole rings is 1. The highest BCUT2D eigenvalue weighted by Gasteiger charge is 2.41. The Hall–Kier alpha value is -1.91. The fraction of sp³-hybridized carbons (Fsp3) is 0.500. The molecule has 4 rings (SSSR count). The van der Waals surface area contributed by atoms with Gasteiger partial charge < -0.3 is 5.32 Å². The number of anilines is 1. The van der Waals surface area contributed by atoms with Gasteiger partial charge in [-0.2, -0.15) is 0 Å². The van der Waals surface area contributed by atoms with Crippen LogP contribution in [0.2, 0.25) is 0 Å². The Morgan fingerprint density at radius 1 is 1.05 bits per heavy atom. The van der Waals surface area contributed by atoms with Gasteiger partial charge in [0.25, 0.3) is 0 Å². The highest BCUT2D eigenvalue weighted by molar-refractivity contribution is 5.49. The molecule has 0 amide bonds. The van der Waals surface area contributed by atoms with Crippen molar-refractivity contribution in [3.8, 4) is 5.69 Å². The molecular weight excluding hydrogens is 238 g/mol. The molecule has 19 heavy (non-hydrogen) atoms. The van der Waals surface area contributed by atoms with E-state index in [1.807, 2.05) is 0 Å². The summed E-state index contributed by atoms with van der Waals surface area (Å²) in [4.78, 5) is 0. The quantitative estimate of drug-likeness (QED) is 0.890. The Kier molecular flexibility index (Phi) is 2.50. The number of nitrogens with zero attached hydrogens (tertiary/aromatic N) is 4. The number of benzene rings is 1. The third-order valence-electron chi connectivity index (χ3n) is 4.07. The lowest BCUT2D eigenvalue weighted by Crippen LogP contribution is -2.24. The van der Waals surface area contributed by atoms with Gasteiger partial charge >= 0.3 is 0 Å². The van der Waals surface area contributed by atoms with Gasteiger partial charge in [0.1, 0.15) is 6.33 Å². The van der Waals surface area contributed by atoms with Crippen LogP contribution in [0.4, 0.5) is 5.69 Å². The molecule has 0 unspecified atom stereocenters. The molecule has 2 aromatic rings. The van der Waals surface area contributed by atoms with Crippen LogP contribution in [-0.4, -0.2) is 26.2 Å². The molecule has 2 aliphatic rings. The Morgan fingerprint density at radius 3 is 2.26 bits per heavy atom. The number of rotatable bonds is 5. The van der Waals surface area contributed by atoms with Crippen molar-refractivity contribution in [3.63, 3.8) is 0 Å². The zero-order valence-electron chi connectivity index (χ0n) is 10.7. The van der Waals surface area contributed by atoms with Crippen LogP contribution < -0.4 is 5.32 Å². The van der Waals surface area contributed by atoms with Gasteiger partial charge in [0.15, 0.2) is 0 Å². The molecule has 2 aliphatic carbocycles. The lowest BCUT2D eigenvalue weighted by atomic mass is 10.1. The van der Waals surface area contributed by atoms with Crippen LogP contribution in [0.25, 0.3) is 5.69 Å². The van der Waals surface area contributed by atoms with Crippen molar-refractivity contribution in [1.29, 1.82) is 0 Å². The molecule has 98 valence electrons. The second-order valence-electron chi connectivity index (χ2n) is 5.65. The molecule has 5 heteroatoms. The van der Waals surface area contributed by atoms with Gasteiger partial charge in [0.2, 0.25) is 0 Å². The van der Waals surface area contributed by atoms with Crippen LogP contribution in [-0.2, 0) is 0 Å². The van der Waals surface area contributed by atoms with Crippen LogP contribution in [0.5, 0.6) is 0 Å². The van der Waals surface area contributed by atoms with E-state index in [9.17, 15) is 0 Å². The average Bonchev–Trinajstić information content (AvgIpc) is 3.37. The Morgan fingerprint density at radius 2 is 1.74 bits per heavy atom. The highest BCUT2D eigenvalue weighted by Crippen LogP contribution is 2.45. The van der Waals surface area contributed by atoms with Gasteiger partial charge in [-0.1, -0.05) is 0 Å². The first kappa shape index (κ1) is 11.0. The monoisotopic (exact) mass is 255 g/mol. The average molecular weight is 255 g/mol. The maximum Gasteiger partial charge on any atom is 0.143 e. The second-order valence-corrected chi connectivity index (χ2v) is 5.65. The first-order valence-electron chi connectivity index (χ1n) is 7.00. The molecule has 1 aromatic carbocycles. The normalized spacial score (nSPS) is 18.8. The van der Waals surface area contributed by atoms with Gasteiger partial charge in [-0.25, -0.2) is 4.68 Å². The summed E-state index contributed by atoms with van der Waals surface area (Å²) in [7, 11) is 0. The van der Waals surface area contributed by atoms with E-state index in [-0.39, 0.29) is 0 Å². The molecule has 2 fully saturated rings. The number of nitrogens with one attached hydrogen (secondary N) is 1. The highest BCUT2D eigenvalue weighted by atomic mass is 15.5. The largest absolute Gasteiger partial charge is 0.382 e. The minimum atomic E-state index is 0.693. The van der Waals surface area contributed by atoms with E-state index in [4.69, 9.17) is 0 Å². The minimum absolute atomic E-state index is 0.693. The molecule has 2 saturated carbocycles. The molecule has 1 aromatic heterocycles. The predicted molar refractivity (Wildman–Crippen MR) is 72.0 cm³/mol. The van der Waals surface area contributed by atoms with Gasteiger partial charge in [0, 0.05) is 11.7 Å². The zero-order chi connectivity index (χ0) is 12.7. The number of hydrogen-bond acceptors (Lipinski definition) is 4. The second kappa shape index (κ2) is 4.33. The van der Waals surface area contributed by atoms with Crippen molar-refractivity contribution < 1.29 is 0 Å². The van der Waals surface area contributed by atoms with E-state index in [1.54, 1.807) is 11.0 Å². The maximum absolute atomic E-state index is 3.89. The first-order valence-corrected chi connectivity index (χ1v) is 7.00. The minimum Gasteiger partial charge on any atom is -0.382 e. The van der Waals surface area contributed by atoms with Crippen LogP contribution in [0.15, 0.2) is 30.6 Å². The van der Waals surface area contributed by atoms with Crippen molar-refractivity contribution >= 4 is 5.69 Å². The third-order valence-corrected chi connectivity index (χ3v) is 4.07. The van der Waals surface area contributed by atoms with Crippen LogP contribution in [0.1, 0.15) is 25.7 Å². The smallest absolute Gasteiger partial charge is 0.143 e. The lowest BCUT2D eigenvalue weighted by molar-refractivity contribution is 0.568. The Labute approximate surface area is 112 Å². The zero-order valence-corrected chi connectivity index (χ0v) is 10.7. The summed E-state index contributed by atoms with van der Waals surface area (Å²) in [5.41, 5.74) is 2.20. The molecule has 0 radical (unpaired) electrons. The van der Waals surface area contributed by atoms with E-state index < -0.39 is 0 Å². The SMILES string of the molecule is c1cc(-n2cnnn2)ccc1NC(C1CC1)C1CC1. The molecule has 1 heterocycles. The van der Waals surface area contributed by atoms with Gasteiger partial charge in [0.05, 0.1) is 5.69 Å². The van der Waals surface area contributed by atoms with Crippen LogP contribution in [0.3, 0.4) is 0 Å². The lowest BCUT2D eigenvalue weighted by Gasteiger charge is -2.19. The molecule has 0 saturated heterocycles. The molecule has 0 aliphatic heterocycles. The summed E-state index contributed by atoms with van der Waals surface area (Å²) < 4.78 is 1.67. The van der Waals surface area contributed by atoms with Crippen molar-refractivity contribution in [2.45, 2.75) is 31.7 Å². The standard InChI is InChI=1S/C14H17N5/c1-2-10(1)14(11-3-4-11)16-12-5-7-13(8-6-12)19-9-15-17-18-19/h5-11,14,16H,1-4H2.